The van der Waals surface area contributed by atoms with E-state index in [0.717, 1.165) is 12.8 Å². The molecular weight excluding hydrogens is 481 g/mol. The molecule has 0 unspecified atom stereocenters. The van der Waals surface area contributed by atoms with Crippen LogP contribution in [0.25, 0.3) is 11.0 Å². The molecule has 1 aliphatic rings. The third kappa shape index (κ3) is 4.97. The largest absolute Gasteiger partial charge is 0.416 e. The highest BCUT2D eigenvalue weighted by atomic mass is 19.4. The number of anilines is 1. The van der Waals surface area contributed by atoms with Crippen LogP contribution in [-0.4, -0.2) is 44.4 Å². The highest BCUT2D eigenvalue weighted by molar-refractivity contribution is 5.88. The minimum atomic E-state index is -4.43. The first-order valence-corrected chi connectivity index (χ1v) is 12.6. The van der Waals surface area contributed by atoms with E-state index in [1.54, 1.807) is 38.4 Å². The van der Waals surface area contributed by atoms with E-state index in [4.69, 9.17) is 5.26 Å². The number of piperazine rings is 1. The van der Waals surface area contributed by atoms with Crippen LogP contribution >= 0.6 is 0 Å². The Balaban J connectivity index is 1.75. The number of nitriles is 1. The first-order chi connectivity index (χ1) is 17.5. The Morgan fingerprint density at radius 3 is 2.49 bits per heavy atom. The zero-order valence-corrected chi connectivity index (χ0v) is 21.9. The standard InChI is InChI=1S/C27H33F3N6O/c1-6-19-15-36(23-13-25(37)33(5)24-16-34(11-10-31)32-26(23)24)20(7-2)14-35(19)18(4)21-9-8-17(3)12-22(21)27(28,29)30/h8-9,12-13,16,18-20H,6-7,11,14-15H2,1-5H3/t18-,19-,20+/m1/s1. The minimum absolute atomic E-state index is 0.0264. The van der Waals surface area contributed by atoms with Crippen molar-refractivity contribution in [2.75, 3.05) is 18.0 Å². The molecule has 37 heavy (non-hydrogen) atoms. The van der Waals surface area contributed by atoms with Gasteiger partial charge in [-0.3, -0.25) is 14.4 Å². The van der Waals surface area contributed by atoms with Gasteiger partial charge in [0.15, 0.2) is 0 Å². The number of hydrogen-bond acceptors (Lipinski definition) is 5. The molecule has 10 heteroatoms. The van der Waals surface area contributed by atoms with Crippen LogP contribution < -0.4 is 10.5 Å². The second kappa shape index (κ2) is 10.2. The lowest BCUT2D eigenvalue weighted by atomic mass is 9.93. The highest BCUT2D eigenvalue weighted by Crippen LogP contribution is 2.40. The second-order valence-electron chi connectivity index (χ2n) is 9.88. The summed E-state index contributed by atoms with van der Waals surface area (Å²) in [5.74, 6) is 0. The normalized spacial score (nSPS) is 19.8. The van der Waals surface area contributed by atoms with E-state index in [1.807, 2.05) is 20.8 Å². The summed E-state index contributed by atoms with van der Waals surface area (Å²) in [4.78, 5) is 17.2. The van der Waals surface area contributed by atoms with Crippen molar-refractivity contribution in [2.24, 2.45) is 7.05 Å². The minimum Gasteiger partial charge on any atom is -0.364 e. The predicted molar refractivity (Wildman–Crippen MR) is 137 cm³/mol. The van der Waals surface area contributed by atoms with E-state index in [0.29, 0.717) is 35.4 Å². The fraction of sp³-hybridized carbons (Fsp3) is 0.519. The van der Waals surface area contributed by atoms with Gasteiger partial charge < -0.3 is 9.47 Å². The van der Waals surface area contributed by atoms with Crippen molar-refractivity contribution in [3.63, 3.8) is 0 Å². The van der Waals surface area contributed by atoms with Gasteiger partial charge in [-0.1, -0.05) is 31.5 Å². The van der Waals surface area contributed by atoms with Crippen molar-refractivity contribution in [3.05, 3.63) is 57.5 Å². The van der Waals surface area contributed by atoms with E-state index in [2.05, 4.69) is 21.0 Å². The number of fused-ring (bicyclic) bond motifs is 1. The van der Waals surface area contributed by atoms with Crippen molar-refractivity contribution in [1.82, 2.24) is 19.2 Å². The number of halogens is 3. The SMILES string of the molecule is CC[C@H]1CN([C@H](C)c2ccc(C)cc2C(F)(F)F)[C@H](CC)CN1c1cc(=O)n(C)c2cn(CC#N)nc12. The van der Waals surface area contributed by atoms with Gasteiger partial charge in [-0.2, -0.15) is 23.5 Å². The Kier molecular flexibility index (Phi) is 7.38. The van der Waals surface area contributed by atoms with Gasteiger partial charge in [0.1, 0.15) is 12.1 Å². The summed E-state index contributed by atoms with van der Waals surface area (Å²) in [5.41, 5.74) is 2.10. The lowest BCUT2D eigenvalue weighted by molar-refractivity contribution is -0.139. The summed E-state index contributed by atoms with van der Waals surface area (Å²) >= 11 is 0. The number of aryl methyl sites for hydroxylation is 2. The van der Waals surface area contributed by atoms with Crippen LogP contribution in [0.1, 0.15) is 56.3 Å². The molecule has 1 fully saturated rings. The predicted octanol–water partition coefficient (Wildman–Crippen LogP) is 5.03. The number of hydrogen-bond donors (Lipinski definition) is 0. The molecule has 1 aliphatic heterocycles. The van der Waals surface area contributed by atoms with Gasteiger partial charge in [-0.15, -0.1) is 0 Å². The Hall–Kier alpha value is -3.32. The molecule has 0 spiro atoms. The summed E-state index contributed by atoms with van der Waals surface area (Å²) in [7, 11) is 1.68. The van der Waals surface area contributed by atoms with Crippen molar-refractivity contribution in [1.29, 1.82) is 5.26 Å². The fourth-order valence-corrected chi connectivity index (χ4v) is 5.53. The summed E-state index contributed by atoms with van der Waals surface area (Å²) in [5, 5.41) is 13.7. The molecule has 0 radical (unpaired) electrons. The van der Waals surface area contributed by atoms with Crippen LogP contribution in [0.4, 0.5) is 18.9 Å². The Bertz CT molecular complexity index is 1390. The lowest BCUT2D eigenvalue weighted by Crippen LogP contribution is -2.59. The third-order valence-electron chi connectivity index (χ3n) is 7.62. The average molecular weight is 515 g/mol. The first kappa shape index (κ1) is 26.7. The van der Waals surface area contributed by atoms with Gasteiger partial charge in [0.25, 0.3) is 5.56 Å². The zero-order valence-electron chi connectivity index (χ0n) is 21.9. The maximum atomic E-state index is 13.9. The van der Waals surface area contributed by atoms with Crippen molar-refractivity contribution < 1.29 is 13.2 Å². The topological polar surface area (TPSA) is 70.1 Å². The molecule has 0 amide bonds. The Labute approximate surface area is 214 Å². The molecule has 1 saturated heterocycles. The fourth-order valence-electron chi connectivity index (χ4n) is 5.53. The van der Waals surface area contributed by atoms with E-state index in [9.17, 15) is 18.0 Å². The molecule has 0 saturated carbocycles. The number of alkyl halides is 3. The molecule has 2 aromatic heterocycles. The van der Waals surface area contributed by atoms with E-state index in [-0.39, 0.29) is 29.8 Å². The van der Waals surface area contributed by atoms with E-state index < -0.39 is 17.8 Å². The van der Waals surface area contributed by atoms with E-state index in [1.165, 1.54) is 15.3 Å². The van der Waals surface area contributed by atoms with Gasteiger partial charge in [-0.05, 0) is 38.3 Å². The average Bonchev–Trinajstić information content (AvgIpc) is 3.29. The third-order valence-corrected chi connectivity index (χ3v) is 7.62. The number of benzene rings is 1. The van der Waals surface area contributed by atoms with Crippen molar-refractivity contribution in [3.8, 4) is 6.07 Å². The van der Waals surface area contributed by atoms with Gasteiger partial charge in [0, 0.05) is 44.3 Å². The molecule has 198 valence electrons. The van der Waals surface area contributed by atoms with Crippen LogP contribution in [0.5, 0.6) is 0 Å². The summed E-state index contributed by atoms with van der Waals surface area (Å²) in [6.07, 6.45) is -1.24. The summed E-state index contributed by atoms with van der Waals surface area (Å²) in [6.45, 7) is 8.79. The van der Waals surface area contributed by atoms with Gasteiger partial charge in [-0.25, -0.2) is 0 Å². The molecule has 0 bridgehead atoms. The van der Waals surface area contributed by atoms with E-state index >= 15 is 0 Å². The second-order valence-corrected chi connectivity index (χ2v) is 9.88. The maximum Gasteiger partial charge on any atom is 0.416 e. The molecule has 7 nitrogen and oxygen atoms in total. The van der Waals surface area contributed by atoms with Gasteiger partial charge in [0.05, 0.1) is 29.0 Å². The van der Waals surface area contributed by atoms with Crippen LogP contribution in [-0.2, 0) is 19.8 Å². The number of aromatic nitrogens is 3. The number of nitrogens with zero attached hydrogens (tertiary/aromatic N) is 6. The van der Waals surface area contributed by atoms with Crippen LogP contribution in [0.15, 0.2) is 35.3 Å². The molecule has 0 N–H and O–H groups in total. The quantitative estimate of drug-likeness (QED) is 0.462. The number of pyridine rings is 1. The van der Waals surface area contributed by atoms with Crippen molar-refractivity contribution in [2.45, 2.75) is 71.4 Å². The lowest BCUT2D eigenvalue weighted by Gasteiger charge is -2.49. The molecule has 3 heterocycles. The first-order valence-electron chi connectivity index (χ1n) is 12.6. The molecule has 3 atom stereocenters. The van der Waals surface area contributed by atoms with Gasteiger partial charge in [0.2, 0.25) is 0 Å². The molecule has 1 aromatic carbocycles. The van der Waals surface area contributed by atoms with Crippen LogP contribution in [0.3, 0.4) is 0 Å². The summed E-state index contributed by atoms with van der Waals surface area (Å²) < 4.78 is 44.9. The Morgan fingerprint density at radius 2 is 1.86 bits per heavy atom. The van der Waals surface area contributed by atoms with Gasteiger partial charge >= 0.3 is 6.18 Å². The monoisotopic (exact) mass is 514 g/mol. The summed E-state index contributed by atoms with van der Waals surface area (Å²) in [6, 6.07) is 7.75. The van der Waals surface area contributed by atoms with Crippen LogP contribution in [0, 0.1) is 18.3 Å². The molecule has 0 aliphatic carbocycles. The number of rotatable bonds is 6. The molecule has 4 rings (SSSR count). The highest BCUT2D eigenvalue weighted by Gasteiger charge is 2.40. The Morgan fingerprint density at radius 1 is 1.16 bits per heavy atom. The van der Waals surface area contributed by atoms with Crippen LogP contribution in [0.2, 0.25) is 0 Å². The maximum absolute atomic E-state index is 13.9. The molecular formula is C27H33F3N6O. The smallest absolute Gasteiger partial charge is 0.364 e. The molecule has 3 aromatic rings. The van der Waals surface area contributed by atoms with Crippen molar-refractivity contribution >= 4 is 16.7 Å². The zero-order chi connectivity index (χ0) is 27.1.